The predicted molar refractivity (Wildman–Crippen MR) is 70.3 cm³/mol. The van der Waals surface area contributed by atoms with E-state index in [-0.39, 0.29) is 0 Å². The van der Waals surface area contributed by atoms with Crippen LogP contribution >= 0.6 is 11.8 Å². The maximum absolute atomic E-state index is 5.98. The van der Waals surface area contributed by atoms with Gasteiger partial charge < -0.3 is 5.73 Å². The van der Waals surface area contributed by atoms with E-state index in [9.17, 15) is 0 Å². The molecule has 0 aromatic heterocycles. The highest BCUT2D eigenvalue weighted by atomic mass is 32.2. The Morgan fingerprint density at radius 2 is 2.12 bits per heavy atom. The molecule has 16 heavy (non-hydrogen) atoms. The van der Waals surface area contributed by atoms with Crippen molar-refractivity contribution in [1.82, 2.24) is 5.01 Å². The Hall–Kier alpha value is -1.68. The van der Waals surface area contributed by atoms with E-state index in [1.165, 1.54) is 0 Å². The van der Waals surface area contributed by atoms with Gasteiger partial charge in [-0.2, -0.15) is 5.10 Å². The van der Waals surface area contributed by atoms with Gasteiger partial charge in [0.25, 0.3) is 0 Å². The van der Waals surface area contributed by atoms with E-state index < -0.39 is 0 Å². The molecule has 2 N–H and O–H groups in total. The van der Waals surface area contributed by atoms with Crippen LogP contribution in [-0.2, 0) is 0 Å². The lowest BCUT2D eigenvalue weighted by molar-refractivity contribution is 0.545. The maximum atomic E-state index is 5.98. The Bertz CT molecular complexity index is 462. The number of hydrazone groups is 1. The summed E-state index contributed by atoms with van der Waals surface area (Å²) < 4.78 is 0. The first-order chi connectivity index (χ1) is 7.66. The lowest BCUT2D eigenvalue weighted by Gasteiger charge is -2.10. The normalized spacial score (nSPS) is 16.6. The van der Waals surface area contributed by atoms with Gasteiger partial charge in [-0.1, -0.05) is 48.7 Å². The van der Waals surface area contributed by atoms with Crippen LogP contribution in [0.1, 0.15) is 12.5 Å². The smallest absolute Gasteiger partial charge is 0.0973 e. The molecule has 0 amide bonds. The minimum absolute atomic E-state index is 0.681. The fourth-order valence-corrected chi connectivity index (χ4v) is 2.04. The SMILES string of the molecule is C=C1SC(C)=NN1/C=C(\N)c1ccccc1. The van der Waals surface area contributed by atoms with Crippen LogP contribution in [0.15, 0.2) is 53.2 Å². The highest BCUT2D eigenvalue weighted by Crippen LogP contribution is 2.29. The highest BCUT2D eigenvalue weighted by Gasteiger charge is 2.14. The van der Waals surface area contributed by atoms with E-state index in [1.54, 1.807) is 23.0 Å². The second-order valence-corrected chi connectivity index (χ2v) is 4.68. The van der Waals surface area contributed by atoms with Crippen LogP contribution in [0.2, 0.25) is 0 Å². The average molecular weight is 231 g/mol. The standard InChI is InChI=1S/C12H13N3S/c1-9-14-15(10(2)16-9)8-12(13)11-6-4-3-5-7-11/h3-8H,2,13H2,1H3/b12-8-. The Kier molecular flexibility index (Phi) is 3.01. The van der Waals surface area contributed by atoms with Crippen molar-refractivity contribution in [3.05, 3.63) is 53.7 Å². The van der Waals surface area contributed by atoms with Crippen LogP contribution < -0.4 is 5.73 Å². The summed E-state index contributed by atoms with van der Waals surface area (Å²) in [5.74, 6) is 0. The molecule has 3 nitrogen and oxygen atoms in total. The van der Waals surface area contributed by atoms with Crippen LogP contribution in [0, 0.1) is 0 Å². The molecule has 2 rings (SSSR count). The van der Waals surface area contributed by atoms with Gasteiger partial charge >= 0.3 is 0 Å². The molecular weight excluding hydrogens is 218 g/mol. The van der Waals surface area contributed by atoms with Crippen LogP contribution in [0.4, 0.5) is 0 Å². The summed E-state index contributed by atoms with van der Waals surface area (Å²) in [6.07, 6.45) is 1.79. The van der Waals surface area contributed by atoms with Crippen LogP contribution in [0.5, 0.6) is 0 Å². The van der Waals surface area contributed by atoms with Gasteiger partial charge in [0.15, 0.2) is 0 Å². The largest absolute Gasteiger partial charge is 0.397 e. The summed E-state index contributed by atoms with van der Waals surface area (Å²) >= 11 is 1.55. The van der Waals surface area contributed by atoms with Crippen LogP contribution in [0.25, 0.3) is 5.70 Å². The molecule has 1 aliphatic rings. The summed E-state index contributed by atoms with van der Waals surface area (Å²) in [4.78, 5) is 0. The lowest BCUT2D eigenvalue weighted by atomic mass is 10.2. The first-order valence-electron chi connectivity index (χ1n) is 4.91. The van der Waals surface area contributed by atoms with Crippen LogP contribution in [0.3, 0.4) is 0 Å². The molecule has 0 radical (unpaired) electrons. The van der Waals surface area contributed by atoms with Gasteiger partial charge in [0.1, 0.15) is 0 Å². The number of nitrogens with two attached hydrogens (primary N) is 1. The molecule has 1 aromatic carbocycles. The Balaban J connectivity index is 2.22. The van der Waals surface area contributed by atoms with E-state index in [1.807, 2.05) is 37.3 Å². The van der Waals surface area contributed by atoms with Gasteiger partial charge in [-0.25, -0.2) is 5.01 Å². The average Bonchev–Trinajstić information content (AvgIpc) is 2.59. The van der Waals surface area contributed by atoms with Crippen molar-refractivity contribution >= 4 is 22.5 Å². The first-order valence-corrected chi connectivity index (χ1v) is 5.72. The van der Waals surface area contributed by atoms with E-state index in [4.69, 9.17) is 5.73 Å². The van der Waals surface area contributed by atoms with Crippen molar-refractivity contribution in [2.75, 3.05) is 0 Å². The molecule has 0 fully saturated rings. The molecule has 1 aromatic rings. The van der Waals surface area contributed by atoms with Gasteiger partial charge in [-0.05, 0) is 12.5 Å². The van der Waals surface area contributed by atoms with Crippen molar-refractivity contribution < 1.29 is 0 Å². The van der Waals surface area contributed by atoms with Crippen molar-refractivity contribution in [2.24, 2.45) is 10.8 Å². The molecular formula is C12H13N3S. The van der Waals surface area contributed by atoms with Crippen LogP contribution in [-0.4, -0.2) is 10.1 Å². The fraction of sp³-hybridized carbons (Fsp3) is 0.0833. The Labute approximate surface area is 99.3 Å². The summed E-state index contributed by atoms with van der Waals surface area (Å²) in [7, 11) is 0. The zero-order valence-electron chi connectivity index (χ0n) is 9.05. The number of rotatable bonds is 2. The third-order valence-electron chi connectivity index (χ3n) is 2.14. The Morgan fingerprint density at radius 3 is 2.69 bits per heavy atom. The van der Waals surface area contributed by atoms with E-state index in [2.05, 4.69) is 11.7 Å². The molecule has 1 heterocycles. The summed E-state index contributed by atoms with van der Waals surface area (Å²) in [6, 6.07) is 9.81. The second-order valence-electron chi connectivity index (χ2n) is 3.41. The van der Waals surface area contributed by atoms with E-state index >= 15 is 0 Å². The van der Waals surface area contributed by atoms with Crippen molar-refractivity contribution in [3.8, 4) is 0 Å². The maximum Gasteiger partial charge on any atom is 0.0973 e. The number of hydrogen-bond donors (Lipinski definition) is 1. The number of nitrogens with zero attached hydrogens (tertiary/aromatic N) is 2. The minimum atomic E-state index is 0.681. The monoisotopic (exact) mass is 231 g/mol. The second kappa shape index (κ2) is 4.45. The molecule has 0 spiro atoms. The van der Waals surface area contributed by atoms with Gasteiger partial charge in [0.05, 0.1) is 22.0 Å². The number of thioether (sulfide) groups is 1. The number of hydrogen-bond acceptors (Lipinski definition) is 4. The molecule has 0 unspecified atom stereocenters. The van der Waals surface area contributed by atoms with Crippen molar-refractivity contribution in [2.45, 2.75) is 6.92 Å². The molecule has 0 saturated carbocycles. The van der Waals surface area contributed by atoms with Gasteiger partial charge in [-0.3, -0.25) is 0 Å². The third-order valence-corrected chi connectivity index (χ3v) is 2.94. The first kappa shape index (κ1) is 10.8. The third kappa shape index (κ3) is 2.28. The van der Waals surface area contributed by atoms with E-state index in [0.29, 0.717) is 5.70 Å². The van der Waals surface area contributed by atoms with Gasteiger partial charge in [-0.15, -0.1) is 0 Å². The quantitative estimate of drug-likeness (QED) is 0.851. The van der Waals surface area contributed by atoms with E-state index in [0.717, 1.165) is 15.6 Å². The molecule has 4 heteroatoms. The van der Waals surface area contributed by atoms with Gasteiger partial charge in [0.2, 0.25) is 0 Å². The molecule has 0 bridgehead atoms. The van der Waals surface area contributed by atoms with Crippen molar-refractivity contribution in [1.29, 1.82) is 0 Å². The Morgan fingerprint density at radius 1 is 1.44 bits per heavy atom. The van der Waals surface area contributed by atoms with Gasteiger partial charge in [0, 0.05) is 0 Å². The summed E-state index contributed by atoms with van der Waals surface area (Å²) in [5.41, 5.74) is 7.65. The summed E-state index contributed by atoms with van der Waals surface area (Å²) in [6.45, 7) is 5.85. The predicted octanol–water partition coefficient (Wildman–Crippen LogP) is 2.80. The molecule has 1 aliphatic heterocycles. The molecule has 82 valence electrons. The highest BCUT2D eigenvalue weighted by molar-refractivity contribution is 8.17. The topological polar surface area (TPSA) is 41.6 Å². The zero-order valence-corrected chi connectivity index (χ0v) is 9.87. The molecule has 0 atom stereocenters. The lowest BCUT2D eigenvalue weighted by Crippen LogP contribution is -2.06. The van der Waals surface area contributed by atoms with Crippen molar-refractivity contribution in [3.63, 3.8) is 0 Å². The fourth-order valence-electron chi connectivity index (χ4n) is 1.38. The molecule has 0 saturated heterocycles. The minimum Gasteiger partial charge on any atom is -0.397 e. The zero-order chi connectivity index (χ0) is 11.5. The summed E-state index contributed by atoms with van der Waals surface area (Å²) in [5, 5.41) is 7.85. The molecule has 0 aliphatic carbocycles. The number of benzene rings is 1.